The minimum atomic E-state index is 0.447. The molecule has 2 aliphatic rings. The Morgan fingerprint density at radius 3 is 3.11 bits per heavy atom. The number of rotatable bonds is 1. The largest absolute Gasteiger partial charge is 0.350 e. The normalized spacial score (nSPS) is 27.9. The number of fused-ring (bicyclic) bond motifs is 1. The molecule has 0 aromatic carbocycles. The summed E-state index contributed by atoms with van der Waals surface area (Å²) in [6.07, 6.45) is 4.35. The Morgan fingerprint density at radius 1 is 1.39 bits per heavy atom. The van der Waals surface area contributed by atoms with Crippen molar-refractivity contribution >= 4 is 5.82 Å². The van der Waals surface area contributed by atoms with Gasteiger partial charge in [0.15, 0.2) is 0 Å². The molecule has 94 valence electrons. The molecule has 0 amide bonds. The summed E-state index contributed by atoms with van der Waals surface area (Å²) < 4.78 is 0. The van der Waals surface area contributed by atoms with Crippen LogP contribution >= 0.6 is 0 Å². The van der Waals surface area contributed by atoms with Gasteiger partial charge in [0, 0.05) is 31.4 Å². The second-order valence-corrected chi connectivity index (χ2v) is 5.17. The zero-order valence-corrected chi connectivity index (χ0v) is 10.7. The van der Waals surface area contributed by atoms with Crippen molar-refractivity contribution in [1.82, 2.24) is 9.88 Å². The maximum absolute atomic E-state index is 9.20. The van der Waals surface area contributed by atoms with Crippen molar-refractivity contribution in [1.29, 1.82) is 5.26 Å². The summed E-state index contributed by atoms with van der Waals surface area (Å²) in [7, 11) is 0. The molecule has 2 atom stereocenters. The molecule has 0 radical (unpaired) electrons. The topological polar surface area (TPSA) is 43.2 Å². The van der Waals surface area contributed by atoms with Crippen LogP contribution in [0.2, 0.25) is 0 Å². The lowest BCUT2D eigenvalue weighted by Gasteiger charge is -2.44. The Hall–Kier alpha value is -1.60. The number of hydrogen-bond acceptors (Lipinski definition) is 4. The Labute approximate surface area is 108 Å². The molecule has 1 aromatic rings. The molecule has 0 N–H and O–H groups in total. The molecule has 2 saturated heterocycles. The van der Waals surface area contributed by atoms with E-state index < -0.39 is 0 Å². The van der Waals surface area contributed by atoms with E-state index in [2.05, 4.69) is 27.8 Å². The zero-order valence-electron chi connectivity index (χ0n) is 10.7. The van der Waals surface area contributed by atoms with Crippen LogP contribution in [0.5, 0.6) is 0 Å². The maximum Gasteiger partial charge on any atom is 0.146 e. The van der Waals surface area contributed by atoms with Crippen LogP contribution in [-0.4, -0.2) is 41.6 Å². The molecule has 3 heterocycles. The number of piperazine rings is 1. The fourth-order valence-corrected chi connectivity index (χ4v) is 3.34. The molecule has 0 unspecified atom stereocenters. The van der Waals surface area contributed by atoms with Crippen LogP contribution < -0.4 is 4.90 Å². The number of hydrogen-bond donors (Lipinski definition) is 0. The smallest absolute Gasteiger partial charge is 0.146 e. The molecule has 4 heteroatoms. The van der Waals surface area contributed by atoms with Crippen molar-refractivity contribution in [2.24, 2.45) is 0 Å². The van der Waals surface area contributed by atoms with Gasteiger partial charge in [0.2, 0.25) is 0 Å². The minimum absolute atomic E-state index is 0.447. The van der Waals surface area contributed by atoms with Gasteiger partial charge in [-0.1, -0.05) is 0 Å². The van der Waals surface area contributed by atoms with E-state index in [9.17, 15) is 5.26 Å². The summed E-state index contributed by atoms with van der Waals surface area (Å²) in [6, 6.07) is 7.02. The van der Waals surface area contributed by atoms with Crippen molar-refractivity contribution in [3.8, 4) is 6.07 Å². The fraction of sp³-hybridized carbons (Fsp3) is 0.571. The number of pyridine rings is 1. The van der Waals surface area contributed by atoms with E-state index in [1.807, 2.05) is 12.1 Å². The van der Waals surface area contributed by atoms with Gasteiger partial charge in [-0.25, -0.2) is 4.98 Å². The van der Waals surface area contributed by atoms with E-state index in [1.165, 1.54) is 19.4 Å². The predicted molar refractivity (Wildman–Crippen MR) is 70.4 cm³/mol. The molecular weight excluding hydrogens is 224 g/mol. The van der Waals surface area contributed by atoms with Crippen LogP contribution in [0.25, 0.3) is 0 Å². The number of anilines is 1. The summed E-state index contributed by atoms with van der Waals surface area (Å²) in [5.74, 6) is 0.860. The average Bonchev–Trinajstić information content (AvgIpc) is 2.88. The first-order valence-electron chi connectivity index (χ1n) is 6.67. The molecule has 0 aliphatic carbocycles. The van der Waals surface area contributed by atoms with E-state index >= 15 is 0 Å². The van der Waals surface area contributed by atoms with Gasteiger partial charge in [0.05, 0.1) is 5.56 Å². The third-order valence-electron chi connectivity index (χ3n) is 4.27. The van der Waals surface area contributed by atoms with Gasteiger partial charge in [-0.3, -0.25) is 4.90 Å². The van der Waals surface area contributed by atoms with Gasteiger partial charge < -0.3 is 4.90 Å². The molecule has 0 saturated carbocycles. The van der Waals surface area contributed by atoms with Gasteiger partial charge in [-0.05, 0) is 38.4 Å². The van der Waals surface area contributed by atoms with Crippen LogP contribution in [0.1, 0.15) is 25.3 Å². The van der Waals surface area contributed by atoms with Gasteiger partial charge in [-0.15, -0.1) is 0 Å². The number of aromatic nitrogens is 1. The lowest BCUT2D eigenvalue weighted by atomic mass is 10.0. The van der Waals surface area contributed by atoms with E-state index in [-0.39, 0.29) is 0 Å². The summed E-state index contributed by atoms with van der Waals surface area (Å²) in [4.78, 5) is 9.31. The molecule has 4 nitrogen and oxygen atoms in total. The predicted octanol–water partition coefficient (Wildman–Crippen LogP) is 1.63. The molecule has 3 rings (SSSR count). The Morgan fingerprint density at radius 2 is 2.28 bits per heavy atom. The molecule has 18 heavy (non-hydrogen) atoms. The van der Waals surface area contributed by atoms with E-state index in [0.29, 0.717) is 17.6 Å². The quantitative estimate of drug-likeness (QED) is 0.750. The zero-order chi connectivity index (χ0) is 12.5. The summed E-state index contributed by atoms with van der Waals surface area (Å²) >= 11 is 0. The molecule has 0 spiro atoms. The number of nitrogens with zero attached hydrogens (tertiary/aromatic N) is 4. The highest BCUT2D eigenvalue weighted by molar-refractivity contribution is 5.54. The first-order chi connectivity index (χ1) is 8.81. The highest BCUT2D eigenvalue weighted by Crippen LogP contribution is 2.30. The first-order valence-corrected chi connectivity index (χ1v) is 6.67. The Kier molecular flexibility index (Phi) is 2.92. The molecule has 1 aromatic heterocycles. The van der Waals surface area contributed by atoms with Crippen molar-refractivity contribution in [2.75, 3.05) is 24.5 Å². The van der Waals surface area contributed by atoms with E-state index in [0.717, 1.165) is 18.9 Å². The van der Waals surface area contributed by atoms with Crippen molar-refractivity contribution in [3.63, 3.8) is 0 Å². The molecular formula is C14H18N4. The van der Waals surface area contributed by atoms with Gasteiger partial charge in [0.25, 0.3) is 0 Å². The maximum atomic E-state index is 9.20. The molecule has 2 aliphatic heterocycles. The molecule has 2 fully saturated rings. The van der Waals surface area contributed by atoms with Gasteiger partial charge >= 0.3 is 0 Å². The highest BCUT2D eigenvalue weighted by atomic mass is 15.3. The first kappa shape index (κ1) is 11.5. The van der Waals surface area contributed by atoms with Crippen LogP contribution in [0.4, 0.5) is 5.82 Å². The van der Waals surface area contributed by atoms with Crippen molar-refractivity contribution < 1.29 is 0 Å². The summed E-state index contributed by atoms with van der Waals surface area (Å²) in [5, 5.41) is 9.20. The lowest BCUT2D eigenvalue weighted by Crippen LogP contribution is -2.56. The van der Waals surface area contributed by atoms with Crippen LogP contribution in [0, 0.1) is 11.3 Å². The minimum Gasteiger partial charge on any atom is -0.350 e. The standard InChI is InChI=1S/C14H18N4/c1-11-13-5-3-7-17(13)8-9-18(11)14-12(10-15)4-2-6-16-14/h2,4,6,11,13H,3,5,7-9H2,1H3/t11-,13-/m0/s1. The molecule has 0 bridgehead atoms. The summed E-state index contributed by atoms with van der Waals surface area (Å²) in [6.45, 7) is 5.56. The van der Waals surface area contributed by atoms with Crippen LogP contribution in [0.15, 0.2) is 18.3 Å². The Bertz CT molecular complexity index is 479. The Balaban J connectivity index is 1.90. The highest BCUT2D eigenvalue weighted by Gasteiger charge is 2.37. The number of nitriles is 1. The third-order valence-corrected chi connectivity index (χ3v) is 4.27. The summed E-state index contributed by atoms with van der Waals surface area (Å²) in [5.41, 5.74) is 0.691. The van der Waals surface area contributed by atoms with Crippen molar-refractivity contribution in [3.05, 3.63) is 23.9 Å². The monoisotopic (exact) mass is 242 g/mol. The fourth-order valence-electron chi connectivity index (χ4n) is 3.34. The van der Waals surface area contributed by atoms with Gasteiger partial charge in [-0.2, -0.15) is 5.26 Å². The second-order valence-electron chi connectivity index (χ2n) is 5.17. The van der Waals surface area contributed by atoms with E-state index in [4.69, 9.17) is 0 Å². The SMILES string of the molecule is C[C@H]1[C@@H]2CCCN2CCN1c1ncccc1C#N. The van der Waals surface area contributed by atoms with Crippen molar-refractivity contribution in [2.45, 2.75) is 31.8 Å². The van der Waals surface area contributed by atoms with E-state index in [1.54, 1.807) is 6.20 Å². The average molecular weight is 242 g/mol. The van der Waals surface area contributed by atoms with Crippen LogP contribution in [0.3, 0.4) is 0 Å². The van der Waals surface area contributed by atoms with Crippen LogP contribution in [-0.2, 0) is 0 Å². The third kappa shape index (κ3) is 1.75. The lowest BCUT2D eigenvalue weighted by molar-refractivity contribution is 0.193. The van der Waals surface area contributed by atoms with Gasteiger partial charge in [0.1, 0.15) is 11.9 Å². The second kappa shape index (κ2) is 4.58.